The molecule has 0 saturated heterocycles. The highest BCUT2D eigenvalue weighted by Crippen LogP contribution is 2.45. The van der Waals surface area contributed by atoms with E-state index in [1.54, 1.807) is 0 Å². The fourth-order valence-corrected chi connectivity index (χ4v) is 2.68. The van der Waals surface area contributed by atoms with E-state index in [1.165, 1.54) is 18.6 Å². The summed E-state index contributed by atoms with van der Waals surface area (Å²) in [5.41, 5.74) is 1.50. The fourth-order valence-electron chi connectivity index (χ4n) is 2.68. The molecule has 2 aliphatic carbocycles. The van der Waals surface area contributed by atoms with E-state index in [2.05, 4.69) is 17.1 Å². The van der Waals surface area contributed by atoms with Crippen molar-refractivity contribution in [3.8, 4) is 0 Å². The highest BCUT2D eigenvalue weighted by atomic mass is 14.8. The van der Waals surface area contributed by atoms with E-state index in [9.17, 15) is 0 Å². The normalized spacial score (nSPS) is 48.0. The Balaban J connectivity index is 2.07. The Morgan fingerprint density at radius 2 is 2.50 bits per heavy atom. The molecule has 0 aromatic carbocycles. The maximum Gasteiger partial charge on any atom is 0.0423 e. The van der Waals surface area contributed by atoms with Gasteiger partial charge in [0.2, 0.25) is 0 Å². The first-order valence-electron chi connectivity index (χ1n) is 4.15. The van der Waals surface area contributed by atoms with Crippen molar-refractivity contribution >= 4 is 5.71 Å². The zero-order valence-electron chi connectivity index (χ0n) is 5.96. The lowest BCUT2D eigenvalue weighted by molar-refractivity contribution is 0.375. The van der Waals surface area contributed by atoms with Crippen molar-refractivity contribution in [1.82, 2.24) is 0 Å². The summed E-state index contributed by atoms with van der Waals surface area (Å²) >= 11 is 0. The Morgan fingerprint density at radius 1 is 1.50 bits per heavy atom. The van der Waals surface area contributed by atoms with Gasteiger partial charge in [0.15, 0.2) is 0 Å². The smallest absolute Gasteiger partial charge is 0.0423 e. The Bertz CT molecular complexity index is 227. The van der Waals surface area contributed by atoms with E-state index in [4.69, 9.17) is 0 Å². The van der Waals surface area contributed by atoms with Gasteiger partial charge in [-0.25, -0.2) is 0 Å². The van der Waals surface area contributed by atoms with Crippen LogP contribution in [0.1, 0.15) is 12.8 Å². The van der Waals surface area contributed by atoms with Gasteiger partial charge in [0.25, 0.3) is 0 Å². The highest BCUT2D eigenvalue weighted by Gasteiger charge is 2.43. The number of nitrogens with zero attached hydrogens (tertiary/aromatic N) is 1. The van der Waals surface area contributed by atoms with Gasteiger partial charge in [0, 0.05) is 18.2 Å². The molecular formula is C9H11N. The average molecular weight is 133 g/mol. The standard InChI is InChI=1S/C9H11N/c1-2-7-6-4-9(10-5-6)8(7)3-1/h1,3,6-8H,2,4-5H2. The summed E-state index contributed by atoms with van der Waals surface area (Å²) in [6.45, 7) is 1.14. The molecule has 0 amide bonds. The van der Waals surface area contributed by atoms with Crippen LogP contribution in [0.25, 0.3) is 0 Å². The van der Waals surface area contributed by atoms with Gasteiger partial charge in [-0.15, -0.1) is 0 Å². The van der Waals surface area contributed by atoms with E-state index in [1.807, 2.05) is 0 Å². The molecule has 2 bridgehead atoms. The number of hydrogen-bond acceptors (Lipinski definition) is 1. The van der Waals surface area contributed by atoms with Crippen LogP contribution in [0.5, 0.6) is 0 Å². The summed E-state index contributed by atoms with van der Waals surface area (Å²) in [6.07, 6.45) is 7.35. The lowest BCUT2D eigenvalue weighted by atomic mass is 9.90. The van der Waals surface area contributed by atoms with Gasteiger partial charge in [-0.3, -0.25) is 4.99 Å². The maximum absolute atomic E-state index is 4.51. The van der Waals surface area contributed by atoms with Crippen LogP contribution in [0, 0.1) is 17.8 Å². The topological polar surface area (TPSA) is 12.4 Å². The summed E-state index contributed by atoms with van der Waals surface area (Å²) < 4.78 is 0. The van der Waals surface area contributed by atoms with Crippen LogP contribution in [0.15, 0.2) is 17.1 Å². The Labute approximate surface area is 60.8 Å². The second kappa shape index (κ2) is 1.52. The predicted molar refractivity (Wildman–Crippen MR) is 41.1 cm³/mol. The quantitative estimate of drug-likeness (QED) is 0.445. The molecule has 1 heterocycles. The highest BCUT2D eigenvalue weighted by molar-refractivity contribution is 5.93. The predicted octanol–water partition coefficient (Wildman–Crippen LogP) is 1.65. The first-order chi connectivity index (χ1) is 4.95. The molecule has 1 aliphatic heterocycles. The minimum absolute atomic E-state index is 0.777. The first-order valence-corrected chi connectivity index (χ1v) is 4.15. The van der Waals surface area contributed by atoms with Gasteiger partial charge in [-0.05, 0) is 24.7 Å². The average Bonchev–Trinajstić information content (AvgIpc) is 2.60. The molecule has 3 rings (SSSR count). The van der Waals surface area contributed by atoms with Crippen molar-refractivity contribution < 1.29 is 0 Å². The van der Waals surface area contributed by atoms with E-state index >= 15 is 0 Å². The van der Waals surface area contributed by atoms with Crippen molar-refractivity contribution in [3.63, 3.8) is 0 Å². The largest absolute Gasteiger partial charge is 0.293 e. The molecule has 0 radical (unpaired) electrons. The molecule has 0 aromatic heterocycles. The Hall–Kier alpha value is -0.590. The molecule has 1 fully saturated rings. The van der Waals surface area contributed by atoms with Crippen molar-refractivity contribution in [3.05, 3.63) is 12.2 Å². The van der Waals surface area contributed by atoms with Gasteiger partial charge >= 0.3 is 0 Å². The number of allylic oxidation sites excluding steroid dienone is 2. The van der Waals surface area contributed by atoms with E-state index in [0.717, 1.165) is 24.3 Å². The van der Waals surface area contributed by atoms with Gasteiger partial charge < -0.3 is 0 Å². The molecular weight excluding hydrogens is 122 g/mol. The van der Waals surface area contributed by atoms with Gasteiger partial charge in [-0.1, -0.05) is 12.2 Å². The van der Waals surface area contributed by atoms with Crippen molar-refractivity contribution in [2.75, 3.05) is 6.54 Å². The van der Waals surface area contributed by atoms with E-state index in [-0.39, 0.29) is 0 Å². The molecule has 1 heteroatoms. The zero-order chi connectivity index (χ0) is 6.55. The molecule has 52 valence electrons. The van der Waals surface area contributed by atoms with Gasteiger partial charge in [0.1, 0.15) is 0 Å². The zero-order valence-corrected chi connectivity index (χ0v) is 5.96. The molecule has 1 saturated carbocycles. The van der Waals surface area contributed by atoms with Crippen LogP contribution in [-0.2, 0) is 0 Å². The van der Waals surface area contributed by atoms with Gasteiger partial charge in [0.05, 0.1) is 0 Å². The maximum atomic E-state index is 4.51. The minimum Gasteiger partial charge on any atom is -0.293 e. The van der Waals surface area contributed by atoms with E-state index in [0.29, 0.717) is 0 Å². The SMILES string of the molecule is C1=CC2C3=NCC(C3)C2C1. The molecule has 0 spiro atoms. The second-order valence-electron chi connectivity index (χ2n) is 3.65. The summed E-state index contributed by atoms with van der Waals surface area (Å²) in [5, 5.41) is 0. The lowest BCUT2D eigenvalue weighted by Gasteiger charge is -2.17. The van der Waals surface area contributed by atoms with Crippen LogP contribution in [-0.4, -0.2) is 12.3 Å². The fraction of sp³-hybridized carbons (Fsp3) is 0.667. The Morgan fingerprint density at radius 3 is 3.40 bits per heavy atom. The summed E-state index contributed by atoms with van der Waals surface area (Å²) in [4.78, 5) is 4.51. The third-order valence-electron chi connectivity index (χ3n) is 3.20. The van der Waals surface area contributed by atoms with Crippen LogP contribution < -0.4 is 0 Å². The van der Waals surface area contributed by atoms with Crippen LogP contribution in [0.4, 0.5) is 0 Å². The van der Waals surface area contributed by atoms with Crippen molar-refractivity contribution in [2.24, 2.45) is 22.7 Å². The lowest BCUT2D eigenvalue weighted by Crippen LogP contribution is -2.17. The number of rotatable bonds is 0. The molecule has 0 aromatic rings. The molecule has 1 nitrogen and oxygen atoms in total. The molecule has 3 aliphatic rings. The summed E-state index contributed by atoms with van der Waals surface area (Å²) in [7, 11) is 0. The summed E-state index contributed by atoms with van der Waals surface area (Å²) in [6, 6.07) is 0. The number of hydrogen-bond donors (Lipinski definition) is 0. The van der Waals surface area contributed by atoms with Gasteiger partial charge in [-0.2, -0.15) is 0 Å². The molecule has 3 atom stereocenters. The Kier molecular flexibility index (Phi) is 0.779. The monoisotopic (exact) mass is 133 g/mol. The molecule has 0 N–H and O–H groups in total. The number of fused-ring (bicyclic) bond motifs is 5. The van der Waals surface area contributed by atoms with Crippen LogP contribution >= 0.6 is 0 Å². The first kappa shape index (κ1) is 5.11. The van der Waals surface area contributed by atoms with Crippen molar-refractivity contribution in [2.45, 2.75) is 12.8 Å². The summed E-state index contributed by atoms with van der Waals surface area (Å²) in [5.74, 6) is 2.67. The van der Waals surface area contributed by atoms with Crippen LogP contribution in [0.3, 0.4) is 0 Å². The minimum atomic E-state index is 0.777. The third-order valence-corrected chi connectivity index (χ3v) is 3.20. The second-order valence-corrected chi connectivity index (χ2v) is 3.65. The van der Waals surface area contributed by atoms with Crippen molar-refractivity contribution in [1.29, 1.82) is 0 Å². The van der Waals surface area contributed by atoms with Crippen LogP contribution in [0.2, 0.25) is 0 Å². The number of aliphatic imine (C=N–C) groups is 1. The van der Waals surface area contributed by atoms with E-state index < -0.39 is 0 Å². The molecule has 3 unspecified atom stereocenters. The molecule has 10 heavy (non-hydrogen) atoms. The third kappa shape index (κ3) is 0.437.